The van der Waals surface area contributed by atoms with Crippen LogP contribution in [0.4, 0.5) is 0 Å². The number of nitrogens with one attached hydrogen (secondary N) is 1. The quantitative estimate of drug-likeness (QED) is 0.781. The normalized spacial score (nSPS) is 21.9. The molecule has 4 nitrogen and oxygen atoms in total. The lowest BCUT2D eigenvalue weighted by Crippen LogP contribution is -2.43. The van der Waals surface area contributed by atoms with Crippen molar-refractivity contribution in [3.63, 3.8) is 0 Å². The van der Waals surface area contributed by atoms with Crippen molar-refractivity contribution >= 4 is 9.84 Å². The van der Waals surface area contributed by atoms with Crippen molar-refractivity contribution in [2.24, 2.45) is 11.8 Å². The maximum Gasteiger partial charge on any atom is 0.156 e. The lowest BCUT2D eigenvalue weighted by molar-refractivity contribution is 0.180. The molecule has 1 aliphatic heterocycles. The van der Waals surface area contributed by atoms with Gasteiger partial charge in [-0.05, 0) is 65.1 Å². The summed E-state index contributed by atoms with van der Waals surface area (Å²) in [6.45, 7) is 14.7. The Bertz CT molecular complexity index is 399. The van der Waals surface area contributed by atoms with Crippen molar-refractivity contribution < 1.29 is 8.42 Å². The summed E-state index contributed by atoms with van der Waals surface area (Å²) < 4.78 is 23.7. The largest absolute Gasteiger partial charge is 0.316 e. The van der Waals surface area contributed by atoms with E-state index in [0.29, 0.717) is 18.4 Å². The third-order valence-corrected chi connectivity index (χ3v) is 6.78. The minimum Gasteiger partial charge on any atom is -0.316 e. The zero-order chi connectivity index (χ0) is 16.1. The third-order valence-electron chi connectivity index (χ3n) is 4.20. The first-order chi connectivity index (χ1) is 9.62. The fourth-order valence-electron chi connectivity index (χ4n) is 2.65. The van der Waals surface area contributed by atoms with E-state index in [0.717, 1.165) is 26.2 Å². The van der Waals surface area contributed by atoms with Gasteiger partial charge in [0.15, 0.2) is 9.84 Å². The maximum absolute atomic E-state index is 12.2. The first kappa shape index (κ1) is 18.9. The highest BCUT2D eigenvalue weighted by molar-refractivity contribution is 7.92. The van der Waals surface area contributed by atoms with Crippen LogP contribution < -0.4 is 5.32 Å². The maximum atomic E-state index is 12.2. The van der Waals surface area contributed by atoms with Gasteiger partial charge in [0.05, 0.1) is 10.5 Å². The molecule has 0 aromatic rings. The number of hydrogen-bond acceptors (Lipinski definition) is 4. The van der Waals surface area contributed by atoms with Gasteiger partial charge in [0.1, 0.15) is 0 Å². The highest BCUT2D eigenvalue weighted by Gasteiger charge is 2.30. The van der Waals surface area contributed by atoms with Crippen LogP contribution in [0.1, 0.15) is 47.5 Å². The van der Waals surface area contributed by atoms with Crippen LogP contribution >= 0.6 is 0 Å². The van der Waals surface area contributed by atoms with Crippen LogP contribution in [-0.4, -0.2) is 56.5 Å². The monoisotopic (exact) mass is 318 g/mol. The van der Waals surface area contributed by atoms with E-state index >= 15 is 0 Å². The Balaban J connectivity index is 2.36. The van der Waals surface area contributed by atoms with Gasteiger partial charge in [0, 0.05) is 13.1 Å². The van der Waals surface area contributed by atoms with Crippen LogP contribution in [0.5, 0.6) is 0 Å². The van der Waals surface area contributed by atoms with Crippen LogP contribution in [0.15, 0.2) is 0 Å². The summed E-state index contributed by atoms with van der Waals surface area (Å²) in [4.78, 5) is 2.33. The molecule has 0 spiro atoms. The molecule has 5 heteroatoms. The van der Waals surface area contributed by atoms with Gasteiger partial charge in [-0.2, -0.15) is 0 Å². The lowest BCUT2D eigenvalue weighted by Gasteiger charge is -2.33. The first-order valence-electron chi connectivity index (χ1n) is 8.27. The molecular weight excluding hydrogens is 284 g/mol. The molecule has 1 atom stereocenters. The molecule has 1 fully saturated rings. The average molecular weight is 319 g/mol. The summed E-state index contributed by atoms with van der Waals surface area (Å²) in [5, 5.41) is 3.53. The van der Waals surface area contributed by atoms with Crippen molar-refractivity contribution in [2.45, 2.75) is 52.2 Å². The van der Waals surface area contributed by atoms with E-state index in [1.54, 1.807) is 20.8 Å². The molecule has 0 bridgehead atoms. The molecule has 0 saturated carbocycles. The molecule has 0 aromatic heterocycles. The van der Waals surface area contributed by atoms with E-state index in [9.17, 15) is 8.42 Å². The number of likely N-dealkylation sites (tertiary alicyclic amines) is 1. The predicted octanol–water partition coefficient (Wildman–Crippen LogP) is 2.16. The Morgan fingerprint density at radius 1 is 1.29 bits per heavy atom. The number of nitrogens with zero attached hydrogens (tertiary/aromatic N) is 1. The minimum absolute atomic E-state index is 0.280. The molecule has 0 aliphatic carbocycles. The predicted molar refractivity (Wildman–Crippen MR) is 90.4 cm³/mol. The van der Waals surface area contributed by atoms with Gasteiger partial charge in [-0.15, -0.1) is 0 Å². The van der Waals surface area contributed by atoms with Gasteiger partial charge < -0.3 is 10.2 Å². The smallest absolute Gasteiger partial charge is 0.156 e. The topological polar surface area (TPSA) is 49.4 Å². The van der Waals surface area contributed by atoms with Gasteiger partial charge in [0.25, 0.3) is 0 Å². The van der Waals surface area contributed by atoms with Gasteiger partial charge >= 0.3 is 0 Å². The van der Waals surface area contributed by atoms with Crippen molar-refractivity contribution in [3.8, 4) is 0 Å². The van der Waals surface area contributed by atoms with Gasteiger partial charge in [-0.25, -0.2) is 8.42 Å². The average Bonchev–Trinajstić information content (AvgIpc) is 2.35. The second-order valence-corrected chi connectivity index (χ2v) is 10.7. The standard InChI is InChI=1S/C16H34N2O2S/c1-14(2)11-17-12-15-7-6-8-18(13-15)9-10-21(19,20)16(3,4)5/h14-15,17H,6-13H2,1-5H3. The van der Waals surface area contributed by atoms with E-state index in [4.69, 9.17) is 0 Å². The molecule has 1 rings (SSSR count). The Labute approximate surface area is 131 Å². The first-order valence-corrected chi connectivity index (χ1v) is 9.92. The summed E-state index contributed by atoms with van der Waals surface area (Å²) >= 11 is 0. The summed E-state index contributed by atoms with van der Waals surface area (Å²) in [5.74, 6) is 1.62. The molecule has 1 heterocycles. The van der Waals surface area contributed by atoms with Crippen molar-refractivity contribution in [3.05, 3.63) is 0 Å². The summed E-state index contributed by atoms with van der Waals surface area (Å²) in [5.41, 5.74) is 0. The second kappa shape index (κ2) is 7.93. The van der Waals surface area contributed by atoms with Crippen LogP contribution in [0.2, 0.25) is 0 Å². The third kappa shape index (κ3) is 6.66. The van der Waals surface area contributed by atoms with Crippen LogP contribution in [-0.2, 0) is 9.84 Å². The molecule has 0 radical (unpaired) electrons. The Morgan fingerprint density at radius 2 is 1.95 bits per heavy atom. The molecule has 0 aromatic carbocycles. The number of rotatable bonds is 7. The molecule has 1 unspecified atom stereocenters. The van der Waals surface area contributed by atoms with Crippen LogP contribution in [0.25, 0.3) is 0 Å². The second-order valence-electron chi connectivity index (χ2n) is 7.79. The molecule has 0 amide bonds. The molecule has 1 N–H and O–H groups in total. The minimum atomic E-state index is -3.00. The van der Waals surface area contributed by atoms with Gasteiger partial charge in [-0.1, -0.05) is 13.8 Å². The Morgan fingerprint density at radius 3 is 2.52 bits per heavy atom. The summed E-state index contributed by atoms with van der Waals surface area (Å²) in [6.07, 6.45) is 2.44. The van der Waals surface area contributed by atoms with E-state index in [1.807, 2.05) is 0 Å². The molecule has 21 heavy (non-hydrogen) atoms. The van der Waals surface area contributed by atoms with E-state index < -0.39 is 14.6 Å². The Hall–Kier alpha value is -0.130. The number of hydrogen-bond donors (Lipinski definition) is 1. The summed E-state index contributed by atoms with van der Waals surface area (Å²) in [7, 11) is -3.00. The molecule has 1 saturated heterocycles. The lowest BCUT2D eigenvalue weighted by atomic mass is 9.98. The Kier molecular flexibility index (Phi) is 7.14. The van der Waals surface area contributed by atoms with Crippen molar-refractivity contribution in [2.75, 3.05) is 38.5 Å². The number of sulfone groups is 1. The van der Waals surface area contributed by atoms with E-state index in [1.165, 1.54) is 12.8 Å². The fraction of sp³-hybridized carbons (Fsp3) is 1.00. The molecule has 126 valence electrons. The fourth-order valence-corrected chi connectivity index (χ4v) is 3.76. The van der Waals surface area contributed by atoms with Gasteiger partial charge in [0.2, 0.25) is 0 Å². The SMILES string of the molecule is CC(C)CNCC1CCCN(CCS(=O)(=O)C(C)(C)C)C1. The van der Waals surface area contributed by atoms with Crippen molar-refractivity contribution in [1.29, 1.82) is 0 Å². The van der Waals surface area contributed by atoms with Crippen LogP contribution in [0.3, 0.4) is 0 Å². The highest BCUT2D eigenvalue weighted by atomic mass is 32.2. The number of piperidine rings is 1. The van der Waals surface area contributed by atoms with E-state index in [-0.39, 0.29) is 5.75 Å². The van der Waals surface area contributed by atoms with Gasteiger partial charge in [-0.3, -0.25) is 0 Å². The zero-order valence-electron chi connectivity index (χ0n) is 14.5. The zero-order valence-corrected chi connectivity index (χ0v) is 15.3. The summed E-state index contributed by atoms with van der Waals surface area (Å²) in [6, 6.07) is 0. The van der Waals surface area contributed by atoms with E-state index in [2.05, 4.69) is 24.1 Å². The highest BCUT2D eigenvalue weighted by Crippen LogP contribution is 2.19. The van der Waals surface area contributed by atoms with Crippen molar-refractivity contribution in [1.82, 2.24) is 10.2 Å². The van der Waals surface area contributed by atoms with Crippen LogP contribution in [0, 0.1) is 11.8 Å². The molecule has 1 aliphatic rings. The molecular formula is C16H34N2O2S.